The number of carbonyl (C=O) groups is 2. The number of anilines is 1. The minimum atomic E-state index is -4.92. The number of aryl methyl sites for hydroxylation is 1. The Bertz CT molecular complexity index is 794. The first-order valence-corrected chi connectivity index (χ1v) is 8.10. The molecule has 2 aromatic carbocycles. The molecule has 0 radical (unpaired) electrons. The topological polar surface area (TPSA) is 58.2 Å². The lowest BCUT2D eigenvalue weighted by Gasteiger charge is -2.10. The summed E-state index contributed by atoms with van der Waals surface area (Å²) < 4.78 is 36.5. The predicted molar refractivity (Wildman–Crippen MR) is 92.7 cm³/mol. The molecular weight excluding hydrogens is 369 g/mol. The van der Waals surface area contributed by atoms with Gasteiger partial charge < -0.3 is 10.6 Å². The van der Waals surface area contributed by atoms with Crippen LogP contribution in [0, 0.1) is 0 Å². The lowest BCUT2D eigenvalue weighted by atomic mass is 10.1. The zero-order valence-corrected chi connectivity index (χ0v) is 14.3. The van der Waals surface area contributed by atoms with Crippen molar-refractivity contribution in [3.05, 3.63) is 64.7 Å². The summed E-state index contributed by atoms with van der Waals surface area (Å²) in [5.74, 6) is -2.24. The summed E-state index contributed by atoms with van der Waals surface area (Å²) in [6.07, 6.45) is -4.19. The molecule has 138 valence electrons. The largest absolute Gasteiger partial charge is 0.471 e. The van der Waals surface area contributed by atoms with Crippen LogP contribution in [-0.4, -0.2) is 18.0 Å². The number of hydrogen-bond acceptors (Lipinski definition) is 2. The number of rotatable bonds is 6. The highest BCUT2D eigenvalue weighted by molar-refractivity contribution is 6.30. The van der Waals surface area contributed by atoms with Gasteiger partial charge in [-0.1, -0.05) is 35.9 Å². The maximum Gasteiger partial charge on any atom is 0.471 e. The van der Waals surface area contributed by atoms with E-state index in [1.807, 2.05) is 6.07 Å². The summed E-state index contributed by atoms with van der Waals surface area (Å²) >= 11 is 5.89. The molecule has 0 saturated carbocycles. The molecule has 0 bridgehead atoms. The molecule has 0 atom stereocenters. The van der Waals surface area contributed by atoms with E-state index in [0.717, 1.165) is 5.56 Å². The van der Waals surface area contributed by atoms with E-state index in [0.29, 0.717) is 22.7 Å². The molecule has 0 heterocycles. The van der Waals surface area contributed by atoms with Gasteiger partial charge >= 0.3 is 12.1 Å². The molecule has 0 aromatic heterocycles. The fraction of sp³-hybridized carbons (Fsp3) is 0.222. The minimum absolute atomic E-state index is 0.232. The van der Waals surface area contributed by atoms with Gasteiger partial charge in [0.2, 0.25) is 5.91 Å². The fourth-order valence-electron chi connectivity index (χ4n) is 2.22. The van der Waals surface area contributed by atoms with Gasteiger partial charge in [0.05, 0.1) is 0 Å². The van der Waals surface area contributed by atoms with Crippen molar-refractivity contribution >= 4 is 29.1 Å². The van der Waals surface area contributed by atoms with Gasteiger partial charge in [0.15, 0.2) is 0 Å². The summed E-state index contributed by atoms with van der Waals surface area (Å²) in [5, 5.41) is 5.05. The smallest absolute Gasteiger partial charge is 0.344 e. The van der Waals surface area contributed by atoms with Gasteiger partial charge in [-0.15, -0.1) is 0 Å². The molecule has 26 heavy (non-hydrogen) atoms. The van der Waals surface area contributed by atoms with Gasteiger partial charge in [-0.05, 0) is 41.8 Å². The predicted octanol–water partition coefficient (Wildman–Crippen LogP) is 4.09. The lowest BCUT2D eigenvalue weighted by Crippen LogP contribution is -2.36. The number of halogens is 4. The first kappa shape index (κ1) is 19.8. The van der Waals surface area contributed by atoms with Crippen LogP contribution in [0.1, 0.15) is 17.5 Å². The van der Waals surface area contributed by atoms with Crippen LogP contribution in [0.2, 0.25) is 5.02 Å². The maximum absolute atomic E-state index is 12.2. The van der Waals surface area contributed by atoms with Crippen LogP contribution in [0.25, 0.3) is 0 Å². The van der Waals surface area contributed by atoms with Crippen molar-refractivity contribution in [3.8, 4) is 0 Å². The van der Waals surface area contributed by atoms with Crippen LogP contribution in [0.3, 0.4) is 0 Å². The van der Waals surface area contributed by atoms with Crippen LogP contribution in [0.5, 0.6) is 0 Å². The van der Waals surface area contributed by atoms with Gasteiger partial charge in [-0.2, -0.15) is 13.2 Å². The van der Waals surface area contributed by atoms with Crippen LogP contribution in [-0.2, 0) is 22.6 Å². The van der Waals surface area contributed by atoms with Crippen molar-refractivity contribution in [1.29, 1.82) is 0 Å². The zero-order valence-electron chi connectivity index (χ0n) is 13.6. The second-order valence-electron chi connectivity index (χ2n) is 5.56. The average Bonchev–Trinajstić information content (AvgIpc) is 2.57. The third-order valence-corrected chi connectivity index (χ3v) is 3.69. The van der Waals surface area contributed by atoms with E-state index in [1.165, 1.54) is 6.07 Å². The van der Waals surface area contributed by atoms with E-state index in [2.05, 4.69) is 5.32 Å². The van der Waals surface area contributed by atoms with Crippen molar-refractivity contribution in [2.45, 2.75) is 25.6 Å². The highest BCUT2D eigenvalue weighted by atomic mass is 35.5. The molecule has 0 aliphatic carbocycles. The molecule has 2 rings (SSSR count). The average molecular weight is 385 g/mol. The second kappa shape index (κ2) is 8.71. The summed E-state index contributed by atoms with van der Waals surface area (Å²) in [6, 6.07) is 13.4. The number of carbonyl (C=O) groups excluding carboxylic acids is 2. The molecule has 4 nitrogen and oxygen atoms in total. The van der Waals surface area contributed by atoms with Crippen LogP contribution < -0.4 is 10.6 Å². The molecule has 0 aliphatic rings. The van der Waals surface area contributed by atoms with Crippen molar-refractivity contribution in [2.24, 2.45) is 0 Å². The van der Waals surface area contributed by atoms with Crippen molar-refractivity contribution in [1.82, 2.24) is 5.32 Å². The molecule has 0 aliphatic heterocycles. The maximum atomic E-state index is 12.2. The number of nitrogens with one attached hydrogen (secondary N) is 2. The summed E-state index contributed by atoms with van der Waals surface area (Å²) in [7, 11) is 0. The number of alkyl halides is 3. The van der Waals surface area contributed by atoms with Crippen LogP contribution in [0.15, 0.2) is 48.5 Å². The standard InChI is InChI=1S/C18H16ClF3N2O2/c19-14-5-1-3-12(9-14)7-8-16(25)24-15-6-2-4-13(10-15)11-23-17(26)18(20,21)22/h1-6,9-10H,7-8,11H2,(H,23,26)(H,24,25). The van der Waals surface area contributed by atoms with E-state index in [-0.39, 0.29) is 18.9 Å². The number of benzene rings is 2. The molecule has 0 saturated heterocycles. The Hall–Kier alpha value is -2.54. The Balaban J connectivity index is 1.87. The summed E-state index contributed by atoms with van der Waals surface area (Å²) in [4.78, 5) is 22.8. The van der Waals surface area contributed by atoms with Gasteiger partial charge in [-0.25, -0.2) is 0 Å². The molecular formula is C18H16ClF3N2O2. The molecule has 0 fully saturated rings. The number of hydrogen-bond donors (Lipinski definition) is 2. The van der Waals surface area contributed by atoms with Gasteiger partial charge in [0.1, 0.15) is 0 Å². The lowest BCUT2D eigenvalue weighted by molar-refractivity contribution is -0.173. The highest BCUT2D eigenvalue weighted by Gasteiger charge is 2.38. The van der Waals surface area contributed by atoms with Crippen LogP contribution >= 0.6 is 11.6 Å². The van der Waals surface area contributed by atoms with E-state index in [1.54, 1.807) is 41.7 Å². The Morgan fingerprint density at radius 2 is 1.69 bits per heavy atom. The highest BCUT2D eigenvalue weighted by Crippen LogP contribution is 2.16. The SMILES string of the molecule is O=C(CCc1cccc(Cl)c1)Nc1cccc(CNC(=O)C(F)(F)F)c1. The number of amides is 2. The van der Waals surface area contributed by atoms with Crippen LogP contribution in [0.4, 0.5) is 18.9 Å². The quantitative estimate of drug-likeness (QED) is 0.788. The van der Waals surface area contributed by atoms with E-state index in [9.17, 15) is 22.8 Å². The summed E-state index contributed by atoms with van der Waals surface area (Å²) in [6.45, 7) is -0.287. The van der Waals surface area contributed by atoms with E-state index >= 15 is 0 Å². The van der Waals surface area contributed by atoms with E-state index < -0.39 is 12.1 Å². The first-order chi connectivity index (χ1) is 12.2. The molecule has 0 unspecified atom stereocenters. The monoisotopic (exact) mass is 384 g/mol. The fourth-order valence-corrected chi connectivity index (χ4v) is 2.43. The molecule has 8 heteroatoms. The third kappa shape index (κ3) is 6.40. The Kier molecular flexibility index (Phi) is 6.63. The summed E-state index contributed by atoms with van der Waals surface area (Å²) in [5.41, 5.74) is 1.81. The van der Waals surface area contributed by atoms with Gasteiger partial charge in [-0.3, -0.25) is 9.59 Å². The Morgan fingerprint density at radius 1 is 1.00 bits per heavy atom. The Labute approximate surface area is 153 Å². The van der Waals surface area contributed by atoms with Crippen molar-refractivity contribution in [2.75, 3.05) is 5.32 Å². The molecule has 2 aromatic rings. The zero-order chi connectivity index (χ0) is 19.2. The van der Waals surface area contributed by atoms with Crippen molar-refractivity contribution < 1.29 is 22.8 Å². The molecule has 2 amide bonds. The molecule has 2 N–H and O–H groups in total. The second-order valence-corrected chi connectivity index (χ2v) is 6.00. The molecule has 0 spiro atoms. The third-order valence-electron chi connectivity index (χ3n) is 3.45. The van der Waals surface area contributed by atoms with Gasteiger partial charge in [0, 0.05) is 23.7 Å². The van der Waals surface area contributed by atoms with Crippen molar-refractivity contribution in [3.63, 3.8) is 0 Å². The normalized spacial score (nSPS) is 11.1. The first-order valence-electron chi connectivity index (χ1n) is 7.72. The van der Waals surface area contributed by atoms with E-state index in [4.69, 9.17) is 11.6 Å². The minimum Gasteiger partial charge on any atom is -0.344 e. The van der Waals surface area contributed by atoms with Gasteiger partial charge in [0.25, 0.3) is 0 Å². The Morgan fingerprint density at radius 3 is 2.38 bits per heavy atom.